The molecule has 0 fully saturated rings. The van der Waals surface area contributed by atoms with Crippen LogP contribution in [0.2, 0.25) is 0 Å². The van der Waals surface area contributed by atoms with E-state index in [4.69, 9.17) is 14.7 Å². The summed E-state index contributed by atoms with van der Waals surface area (Å²) in [6, 6.07) is 9.28. The summed E-state index contributed by atoms with van der Waals surface area (Å²) in [5.41, 5.74) is 1.06. The predicted molar refractivity (Wildman–Crippen MR) is 71.3 cm³/mol. The highest BCUT2D eigenvalue weighted by Crippen LogP contribution is 2.09. The van der Waals surface area contributed by atoms with Crippen LogP contribution in [0.15, 0.2) is 24.3 Å². The van der Waals surface area contributed by atoms with Crippen molar-refractivity contribution < 1.29 is 14.3 Å². The number of esters is 1. The van der Waals surface area contributed by atoms with Crippen molar-refractivity contribution in [1.29, 1.82) is 5.26 Å². The summed E-state index contributed by atoms with van der Waals surface area (Å²) < 4.78 is 10.6. The van der Waals surface area contributed by atoms with Crippen LogP contribution in [0.25, 0.3) is 0 Å². The van der Waals surface area contributed by atoms with Gasteiger partial charge in [-0.3, -0.25) is 4.79 Å². The zero-order valence-corrected chi connectivity index (χ0v) is 11.6. The lowest BCUT2D eigenvalue weighted by Gasteiger charge is -2.19. The molecule has 0 radical (unpaired) electrons. The fraction of sp³-hybridized carbons (Fsp3) is 0.467. The van der Waals surface area contributed by atoms with Gasteiger partial charge in [-0.25, -0.2) is 0 Å². The first-order valence-corrected chi connectivity index (χ1v) is 6.19. The van der Waals surface area contributed by atoms with Crippen LogP contribution in [0.4, 0.5) is 0 Å². The molecule has 1 aromatic carbocycles. The SMILES string of the molecule is CC(C)(C)OC(=O)CCOCc1cccc(C#N)c1. The van der Waals surface area contributed by atoms with Crippen molar-refractivity contribution in [2.75, 3.05) is 6.61 Å². The van der Waals surface area contributed by atoms with E-state index in [0.29, 0.717) is 18.8 Å². The molecule has 0 amide bonds. The van der Waals surface area contributed by atoms with E-state index in [-0.39, 0.29) is 12.4 Å². The summed E-state index contributed by atoms with van der Waals surface area (Å²) in [4.78, 5) is 11.4. The third-order valence-corrected chi connectivity index (χ3v) is 2.20. The molecule has 0 N–H and O–H groups in total. The topological polar surface area (TPSA) is 59.3 Å². The molecule has 0 bridgehead atoms. The van der Waals surface area contributed by atoms with Crippen molar-refractivity contribution in [3.63, 3.8) is 0 Å². The van der Waals surface area contributed by atoms with Crippen LogP contribution >= 0.6 is 0 Å². The molecule has 0 aliphatic rings. The van der Waals surface area contributed by atoms with Crippen LogP contribution in [0.5, 0.6) is 0 Å². The van der Waals surface area contributed by atoms with Gasteiger partial charge in [0.15, 0.2) is 0 Å². The summed E-state index contributed by atoms with van der Waals surface area (Å²) in [5, 5.41) is 8.76. The van der Waals surface area contributed by atoms with Crippen molar-refractivity contribution >= 4 is 5.97 Å². The number of ether oxygens (including phenoxy) is 2. The minimum absolute atomic E-state index is 0.231. The zero-order valence-electron chi connectivity index (χ0n) is 11.6. The molecule has 0 aromatic heterocycles. The molecule has 0 aliphatic heterocycles. The Kier molecular flexibility index (Phi) is 5.53. The second-order valence-corrected chi connectivity index (χ2v) is 5.20. The van der Waals surface area contributed by atoms with Gasteiger partial charge in [0.05, 0.1) is 31.3 Å². The number of nitrogens with zero attached hydrogens (tertiary/aromatic N) is 1. The number of hydrogen-bond acceptors (Lipinski definition) is 4. The van der Waals surface area contributed by atoms with Crippen LogP contribution in [0.3, 0.4) is 0 Å². The highest BCUT2D eigenvalue weighted by atomic mass is 16.6. The smallest absolute Gasteiger partial charge is 0.308 e. The molecule has 0 heterocycles. The fourth-order valence-electron chi connectivity index (χ4n) is 1.47. The molecule has 0 saturated heterocycles. The van der Waals surface area contributed by atoms with Gasteiger partial charge in [0.2, 0.25) is 0 Å². The molecule has 102 valence electrons. The number of carbonyl (C=O) groups is 1. The molecule has 1 rings (SSSR count). The maximum absolute atomic E-state index is 11.4. The molecule has 19 heavy (non-hydrogen) atoms. The van der Waals surface area contributed by atoms with Crippen LogP contribution < -0.4 is 0 Å². The van der Waals surface area contributed by atoms with E-state index in [9.17, 15) is 4.79 Å². The third kappa shape index (κ3) is 6.58. The highest BCUT2D eigenvalue weighted by Gasteiger charge is 2.15. The monoisotopic (exact) mass is 261 g/mol. The molecular formula is C15H19NO3. The van der Waals surface area contributed by atoms with Gasteiger partial charge in [-0.2, -0.15) is 5.26 Å². The van der Waals surface area contributed by atoms with Crippen molar-refractivity contribution in [3.8, 4) is 6.07 Å². The highest BCUT2D eigenvalue weighted by molar-refractivity contribution is 5.69. The quantitative estimate of drug-likeness (QED) is 0.604. The molecule has 0 unspecified atom stereocenters. The van der Waals surface area contributed by atoms with Gasteiger partial charge in [0.25, 0.3) is 0 Å². The average molecular weight is 261 g/mol. The standard InChI is InChI=1S/C15H19NO3/c1-15(2,3)19-14(17)7-8-18-11-13-6-4-5-12(9-13)10-16/h4-6,9H,7-8,11H2,1-3H3. The third-order valence-electron chi connectivity index (χ3n) is 2.20. The Balaban J connectivity index is 2.28. The van der Waals surface area contributed by atoms with Crippen molar-refractivity contribution in [3.05, 3.63) is 35.4 Å². The second kappa shape index (κ2) is 6.91. The first-order valence-electron chi connectivity index (χ1n) is 6.19. The average Bonchev–Trinajstić information content (AvgIpc) is 2.33. The van der Waals surface area contributed by atoms with E-state index in [2.05, 4.69) is 6.07 Å². The lowest BCUT2D eigenvalue weighted by molar-refractivity contribution is -0.156. The van der Waals surface area contributed by atoms with Crippen molar-refractivity contribution in [1.82, 2.24) is 0 Å². The summed E-state index contributed by atoms with van der Waals surface area (Å²) in [6.45, 7) is 6.20. The second-order valence-electron chi connectivity index (χ2n) is 5.20. The molecule has 1 aromatic rings. The van der Waals surface area contributed by atoms with Gasteiger partial charge in [0, 0.05) is 0 Å². The molecule has 4 nitrogen and oxygen atoms in total. The summed E-state index contributed by atoms with van der Waals surface area (Å²) in [5.74, 6) is -0.265. The Morgan fingerprint density at radius 1 is 1.37 bits per heavy atom. The van der Waals surface area contributed by atoms with Gasteiger partial charge >= 0.3 is 5.97 Å². The number of benzene rings is 1. The predicted octanol–water partition coefficient (Wildman–Crippen LogP) is 2.81. The summed E-state index contributed by atoms with van der Waals surface area (Å²) >= 11 is 0. The van der Waals surface area contributed by atoms with E-state index in [0.717, 1.165) is 5.56 Å². The number of nitriles is 1. The fourth-order valence-corrected chi connectivity index (χ4v) is 1.47. The summed E-state index contributed by atoms with van der Waals surface area (Å²) in [7, 11) is 0. The molecule has 0 saturated carbocycles. The minimum Gasteiger partial charge on any atom is -0.460 e. The van der Waals surface area contributed by atoms with E-state index in [1.165, 1.54) is 0 Å². The molecule has 0 aliphatic carbocycles. The molecule has 0 atom stereocenters. The maximum Gasteiger partial charge on any atom is 0.308 e. The van der Waals surface area contributed by atoms with Gasteiger partial charge in [0.1, 0.15) is 5.60 Å². The van der Waals surface area contributed by atoms with E-state index in [1.54, 1.807) is 12.1 Å². The van der Waals surface area contributed by atoms with Crippen LogP contribution in [-0.2, 0) is 20.9 Å². The Morgan fingerprint density at radius 2 is 2.11 bits per heavy atom. The molecule has 4 heteroatoms. The largest absolute Gasteiger partial charge is 0.460 e. The number of rotatable bonds is 5. The van der Waals surface area contributed by atoms with Gasteiger partial charge in [-0.15, -0.1) is 0 Å². The van der Waals surface area contributed by atoms with Crippen LogP contribution in [0, 0.1) is 11.3 Å². The number of carbonyl (C=O) groups excluding carboxylic acids is 1. The molecular weight excluding hydrogens is 242 g/mol. The van der Waals surface area contributed by atoms with Crippen molar-refractivity contribution in [2.45, 2.75) is 39.4 Å². The lowest BCUT2D eigenvalue weighted by atomic mass is 10.1. The first kappa shape index (κ1) is 15.2. The van der Waals surface area contributed by atoms with Crippen LogP contribution in [0.1, 0.15) is 38.3 Å². The summed E-state index contributed by atoms with van der Waals surface area (Å²) in [6.07, 6.45) is 0.231. The van der Waals surface area contributed by atoms with E-state index < -0.39 is 5.60 Å². The molecule has 0 spiro atoms. The Labute approximate surface area is 113 Å². The van der Waals surface area contributed by atoms with Crippen molar-refractivity contribution in [2.24, 2.45) is 0 Å². The lowest BCUT2D eigenvalue weighted by Crippen LogP contribution is -2.24. The normalized spacial score (nSPS) is 10.8. The van der Waals surface area contributed by atoms with E-state index in [1.807, 2.05) is 32.9 Å². The van der Waals surface area contributed by atoms with Gasteiger partial charge in [-0.1, -0.05) is 12.1 Å². The van der Waals surface area contributed by atoms with E-state index >= 15 is 0 Å². The van der Waals surface area contributed by atoms with Gasteiger partial charge < -0.3 is 9.47 Å². The first-order chi connectivity index (χ1) is 8.90. The van der Waals surface area contributed by atoms with Gasteiger partial charge in [-0.05, 0) is 38.5 Å². The minimum atomic E-state index is -0.460. The Bertz CT molecular complexity index is 469. The van der Waals surface area contributed by atoms with Crippen LogP contribution in [-0.4, -0.2) is 18.2 Å². The zero-order chi connectivity index (χ0) is 14.3. The number of hydrogen-bond donors (Lipinski definition) is 0. The Morgan fingerprint density at radius 3 is 2.74 bits per heavy atom. The maximum atomic E-state index is 11.4. The Hall–Kier alpha value is -1.86.